The Morgan fingerprint density at radius 3 is 2.94 bits per heavy atom. The van der Waals surface area contributed by atoms with Crippen LogP contribution in [0.3, 0.4) is 0 Å². The van der Waals surface area contributed by atoms with E-state index < -0.39 is 0 Å². The highest BCUT2D eigenvalue weighted by Crippen LogP contribution is 2.09. The van der Waals surface area contributed by atoms with Crippen LogP contribution in [-0.2, 0) is 9.53 Å². The molecule has 1 rings (SSSR count). The molecule has 2 N–H and O–H groups in total. The standard InChI is InChI=1S/C12H25N3O2/c1-15(2)7-9-17-8-6-14-12(16)11-4-3-5-13-10-11/h11,13H,3-10H2,1-2H3,(H,14,16)/t11-/m1/s1. The van der Waals surface area contributed by atoms with Gasteiger partial charge in [0.05, 0.1) is 19.1 Å². The zero-order chi connectivity index (χ0) is 12.5. The van der Waals surface area contributed by atoms with Crippen molar-refractivity contribution in [2.75, 3.05) is 53.5 Å². The molecule has 1 heterocycles. The molecule has 17 heavy (non-hydrogen) atoms. The number of nitrogens with one attached hydrogen (secondary N) is 2. The zero-order valence-corrected chi connectivity index (χ0v) is 11.0. The van der Waals surface area contributed by atoms with E-state index in [1.54, 1.807) is 0 Å². The van der Waals surface area contributed by atoms with Gasteiger partial charge >= 0.3 is 0 Å². The van der Waals surface area contributed by atoms with Crippen LogP contribution in [0.2, 0.25) is 0 Å². The maximum absolute atomic E-state index is 11.7. The van der Waals surface area contributed by atoms with Crippen LogP contribution in [-0.4, -0.2) is 64.3 Å². The fraction of sp³-hybridized carbons (Fsp3) is 0.917. The quantitative estimate of drug-likeness (QED) is 0.602. The van der Waals surface area contributed by atoms with Gasteiger partial charge in [-0.25, -0.2) is 0 Å². The largest absolute Gasteiger partial charge is 0.378 e. The van der Waals surface area contributed by atoms with Crippen molar-refractivity contribution < 1.29 is 9.53 Å². The average molecular weight is 243 g/mol. The maximum atomic E-state index is 11.7. The number of piperidine rings is 1. The van der Waals surface area contributed by atoms with Gasteiger partial charge in [0.25, 0.3) is 0 Å². The Labute approximate surface area is 104 Å². The van der Waals surface area contributed by atoms with Crippen LogP contribution >= 0.6 is 0 Å². The van der Waals surface area contributed by atoms with Gasteiger partial charge in [-0.1, -0.05) is 0 Å². The van der Waals surface area contributed by atoms with Gasteiger partial charge in [0.1, 0.15) is 0 Å². The minimum Gasteiger partial charge on any atom is -0.378 e. The SMILES string of the molecule is CN(C)CCOCCNC(=O)[C@@H]1CCCNC1. The third kappa shape index (κ3) is 6.61. The van der Waals surface area contributed by atoms with E-state index >= 15 is 0 Å². The van der Waals surface area contributed by atoms with Gasteiger partial charge in [0.2, 0.25) is 5.91 Å². The summed E-state index contributed by atoms with van der Waals surface area (Å²) in [5.41, 5.74) is 0. The molecule has 0 bridgehead atoms. The second-order valence-corrected chi connectivity index (χ2v) is 4.75. The molecule has 0 spiro atoms. The van der Waals surface area contributed by atoms with E-state index in [2.05, 4.69) is 15.5 Å². The van der Waals surface area contributed by atoms with Crippen LogP contribution < -0.4 is 10.6 Å². The van der Waals surface area contributed by atoms with E-state index in [9.17, 15) is 4.79 Å². The molecule has 0 aromatic heterocycles. The summed E-state index contributed by atoms with van der Waals surface area (Å²) < 4.78 is 5.41. The number of carbonyl (C=O) groups is 1. The Bertz CT molecular complexity index is 216. The van der Waals surface area contributed by atoms with E-state index in [0.29, 0.717) is 19.8 Å². The highest BCUT2D eigenvalue weighted by Gasteiger charge is 2.19. The smallest absolute Gasteiger partial charge is 0.224 e. The first-order chi connectivity index (χ1) is 8.20. The van der Waals surface area contributed by atoms with Gasteiger partial charge in [-0.3, -0.25) is 4.79 Å². The first kappa shape index (κ1) is 14.4. The van der Waals surface area contributed by atoms with Crippen LogP contribution in [0.4, 0.5) is 0 Å². The summed E-state index contributed by atoms with van der Waals surface area (Å²) in [7, 11) is 4.03. The molecule has 100 valence electrons. The molecule has 1 saturated heterocycles. The van der Waals surface area contributed by atoms with Gasteiger partial charge in [0, 0.05) is 19.6 Å². The Kier molecular flexibility index (Phi) is 7.16. The molecule has 0 aliphatic carbocycles. The molecule has 1 aliphatic rings. The Morgan fingerprint density at radius 2 is 2.29 bits per heavy atom. The summed E-state index contributed by atoms with van der Waals surface area (Å²) in [5.74, 6) is 0.305. The fourth-order valence-corrected chi connectivity index (χ4v) is 1.82. The van der Waals surface area contributed by atoms with Crippen molar-refractivity contribution in [1.29, 1.82) is 0 Å². The Morgan fingerprint density at radius 1 is 1.47 bits per heavy atom. The molecule has 1 aliphatic heterocycles. The van der Waals surface area contributed by atoms with E-state index in [4.69, 9.17) is 4.74 Å². The second-order valence-electron chi connectivity index (χ2n) is 4.75. The van der Waals surface area contributed by atoms with Crippen LogP contribution in [0.5, 0.6) is 0 Å². The number of amides is 1. The van der Waals surface area contributed by atoms with E-state index in [1.807, 2.05) is 14.1 Å². The summed E-state index contributed by atoms with van der Waals surface area (Å²) in [4.78, 5) is 13.8. The van der Waals surface area contributed by atoms with Crippen LogP contribution in [0.15, 0.2) is 0 Å². The molecular formula is C12H25N3O2. The van der Waals surface area contributed by atoms with Crippen molar-refractivity contribution in [3.8, 4) is 0 Å². The van der Waals surface area contributed by atoms with Crippen molar-refractivity contribution in [1.82, 2.24) is 15.5 Å². The van der Waals surface area contributed by atoms with Crippen LogP contribution in [0.1, 0.15) is 12.8 Å². The average Bonchev–Trinajstić information content (AvgIpc) is 2.34. The number of rotatable bonds is 7. The summed E-state index contributed by atoms with van der Waals surface area (Å²) in [6.45, 7) is 4.70. The van der Waals surface area contributed by atoms with Crippen LogP contribution in [0, 0.1) is 5.92 Å². The lowest BCUT2D eigenvalue weighted by atomic mass is 9.99. The number of likely N-dealkylation sites (N-methyl/N-ethyl adjacent to an activating group) is 1. The minimum atomic E-state index is 0.144. The normalized spacial score (nSPS) is 20.5. The van der Waals surface area contributed by atoms with Gasteiger partial charge in [-0.05, 0) is 33.5 Å². The predicted molar refractivity (Wildman–Crippen MR) is 68.0 cm³/mol. The number of hydrogen-bond donors (Lipinski definition) is 2. The molecule has 0 aromatic carbocycles. The molecule has 0 saturated carbocycles. The minimum absolute atomic E-state index is 0.144. The van der Waals surface area contributed by atoms with Gasteiger partial charge in [-0.2, -0.15) is 0 Å². The number of ether oxygens (including phenoxy) is 1. The zero-order valence-electron chi connectivity index (χ0n) is 11.0. The molecule has 1 fully saturated rings. The van der Waals surface area contributed by atoms with Gasteiger partial charge < -0.3 is 20.3 Å². The van der Waals surface area contributed by atoms with Gasteiger partial charge in [-0.15, -0.1) is 0 Å². The fourth-order valence-electron chi connectivity index (χ4n) is 1.82. The molecule has 5 heteroatoms. The number of carbonyl (C=O) groups excluding carboxylic acids is 1. The third-order valence-electron chi connectivity index (χ3n) is 2.90. The van der Waals surface area contributed by atoms with Crippen molar-refractivity contribution in [2.45, 2.75) is 12.8 Å². The van der Waals surface area contributed by atoms with E-state index in [0.717, 1.165) is 32.5 Å². The highest BCUT2D eigenvalue weighted by atomic mass is 16.5. The highest BCUT2D eigenvalue weighted by molar-refractivity contribution is 5.78. The van der Waals surface area contributed by atoms with E-state index in [1.165, 1.54) is 0 Å². The lowest BCUT2D eigenvalue weighted by Gasteiger charge is -2.21. The van der Waals surface area contributed by atoms with Crippen molar-refractivity contribution in [3.05, 3.63) is 0 Å². The molecule has 0 aromatic rings. The van der Waals surface area contributed by atoms with Crippen molar-refractivity contribution >= 4 is 5.91 Å². The Balaban J connectivity index is 1.96. The number of nitrogens with zero attached hydrogens (tertiary/aromatic N) is 1. The summed E-state index contributed by atoms with van der Waals surface area (Å²) >= 11 is 0. The molecule has 0 unspecified atom stereocenters. The maximum Gasteiger partial charge on any atom is 0.224 e. The monoisotopic (exact) mass is 243 g/mol. The Hall–Kier alpha value is -0.650. The molecule has 1 atom stereocenters. The first-order valence-electron chi connectivity index (χ1n) is 6.41. The van der Waals surface area contributed by atoms with Gasteiger partial charge in [0.15, 0.2) is 0 Å². The first-order valence-corrected chi connectivity index (χ1v) is 6.41. The molecule has 0 radical (unpaired) electrons. The summed E-state index contributed by atoms with van der Waals surface area (Å²) in [6, 6.07) is 0. The topological polar surface area (TPSA) is 53.6 Å². The second kappa shape index (κ2) is 8.44. The van der Waals surface area contributed by atoms with Crippen molar-refractivity contribution in [2.24, 2.45) is 5.92 Å². The summed E-state index contributed by atoms with van der Waals surface area (Å²) in [6.07, 6.45) is 2.09. The number of hydrogen-bond acceptors (Lipinski definition) is 4. The molecular weight excluding hydrogens is 218 g/mol. The molecule has 1 amide bonds. The van der Waals surface area contributed by atoms with Crippen LogP contribution in [0.25, 0.3) is 0 Å². The predicted octanol–water partition coefficient (Wildman–Crippen LogP) is -0.320. The lowest BCUT2D eigenvalue weighted by molar-refractivity contribution is -0.125. The molecule has 5 nitrogen and oxygen atoms in total. The lowest BCUT2D eigenvalue weighted by Crippen LogP contribution is -2.41. The van der Waals surface area contributed by atoms with E-state index in [-0.39, 0.29) is 11.8 Å². The summed E-state index contributed by atoms with van der Waals surface area (Å²) in [5, 5.41) is 6.16. The van der Waals surface area contributed by atoms with Crippen molar-refractivity contribution in [3.63, 3.8) is 0 Å². The third-order valence-corrected chi connectivity index (χ3v) is 2.90.